The van der Waals surface area contributed by atoms with E-state index in [9.17, 15) is 0 Å². The minimum Gasteiger partial charge on any atom is -0.269 e. The lowest BCUT2D eigenvalue weighted by Gasteiger charge is -2.21. The van der Waals surface area contributed by atoms with Crippen molar-refractivity contribution in [3.63, 3.8) is 0 Å². The van der Waals surface area contributed by atoms with E-state index in [2.05, 4.69) is 23.0 Å². The molecule has 1 atom stereocenters. The van der Waals surface area contributed by atoms with Gasteiger partial charge in [0.1, 0.15) is 0 Å². The monoisotopic (exact) mass is 278 g/mol. The van der Waals surface area contributed by atoms with Gasteiger partial charge in [-0.3, -0.25) is 4.68 Å². The first-order valence-electron chi connectivity index (χ1n) is 7.69. The molecule has 1 fully saturated rings. The molecular weight excluding hydrogens is 256 g/mol. The summed E-state index contributed by atoms with van der Waals surface area (Å²) < 4.78 is 2.20. The number of hydrogen-bond acceptors (Lipinski definition) is 1. The molecule has 3 heteroatoms. The van der Waals surface area contributed by atoms with Gasteiger partial charge in [-0.1, -0.05) is 30.9 Å². The van der Waals surface area contributed by atoms with Crippen LogP contribution in [0, 0.1) is 0 Å². The van der Waals surface area contributed by atoms with Gasteiger partial charge < -0.3 is 0 Å². The molecule has 1 aromatic rings. The third kappa shape index (κ3) is 3.42. The zero-order valence-electron chi connectivity index (χ0n) is 11.5. The molecule has 0 aliphatic heterocycles. The first kappa shape index (κ1) is 13.2. The highest BCUT2D eigenvalue weighted by Gasteiger charge is 2.17. The van der Waals surface area contributed by atoms with E-state index in [0.717, 1.165) is 12.8 Å². The Kier molecular flexibility index (Phi) is 4.27. The van der Waals surface area contributed by atoms with Crippen LogP contribution in [0.25, 0.3) is 0 Å². The first-order chi connectivity index (χ1) is 9.31. The van der Waals surface area contributed by atoms with Crippen LogP contribution < -0.4 is 0 Å². The van der Waals surface area contributed by atoms with Gasteiger partial charge in [0.15, 0.2) is 0 Å². The van der Waals surface area contributed by atoms with Crippen LogP contribution in [-0.2, 0) is 6.42 Å². The van der Waals surface area contributed by atoms with Crippen LogP contribution in [0.15, 0.2) is 23.9 Å². The highest BCUT2D eigenvalue weighted by Crippen LogP contribution is 2.28. The third-order valence-corrected chi connectivity index (χ3v) is 4.76. The molecule has 2 aliphatic carbocycles. The molecule has 0 aromatic carbocycles. The van der Waals surface area contributed by atoms with Gasteiger partial charge in [0, 0.05) is 12.6 Å². The first-order valence-corrected chi connectivity index (χ1v) is 8.12. The maximum Gasteiger partial charge on any atom is 0.0665 e. The summed E-state index contributed by atoms with van der Waals surface area (Å²) >= 11 is 6.20. The lowest BCUT2D eigenvalue weighted by atomic mass is 9.96. The second kappa shape index (κ2) is 6.13. The summed E-state index contributed by atoms with van der Waals surface area (Å²) in [6.45, 7) is 0. The lowest BCUT2D eigenvalue weighted by Crippen LogP contribution is -2.13. The summed E-state index contributed by atoms with van der Waals surface area (Å²) in [6, 6.07) is 2.83. The SMILES string of the molecule is ClC1C=C(Cc2ccn(C3CCCCC3)n2)CCC1. The number of aromatic nitrogens is 2. The van der Waals surface area contributed by atoms with Gasteiger partial charge >= 0.3 is 0 Å². The predicted octanol–water partition coefficient (Wildman–Crippen LogP) is 4.65. The minimum absolute atomic E-state index is 0.240. The largest absolute Gasteiger partial charge is 0.269 e. The number of hydrogen-bond donors (Lipinski definition) is 0. The second-order valence-electron chi connectivity index (χ2n) is 5.99. The molecule has 2 nitrogen and oxygen atoms in total. The van der Waals surface area contributed by atoms with Crippen LogP contribution in [0.4, 0.5) is 0 Å². The van der Waals surface area contributed by atoms with Gasteiger partial charge in [0.2, 0.25) is 0 Å². The average molecular weight is 279 g/mol. The van der Waals surface area contributed by atoms with Crippen LogP contribution in [0.1, 0.15) is 63.1 Å². The molecule has 0 saturated heterocycles. The molecular formula is C16H23ClN2. The minimum atomic E-state index is 0.240. The summed E-state index contributed by atoms with van der Waals surface area (Å²) in [7, 11) is 0. The molecule has 0 amide bonds. The Morgan fingerprint density at radius 3 is 2.79 bits per heavy atom. The molecule has 1 aromatic heterocycles. The van der Waals surface area contributed by atoms with Crippen molar-refractivity contribution < 1.29 is 0 Å². The van der Waals surface area contributed by atoms with E-state index >= 15 is 0 Å². The Balaban J connectivity index is 1.64. The zero-order valence-corrected chi connectivity index (χ0v) is 12.3. The van der Waals surface area contributed by atoms with Gasteiger partial charge in [-0.25, -0.2) is 0 Å². The Labute approximate surface area is 120 Å². The number of allylic oxidation sites excluding steroid dienone is 2. The molecule has 0 radical (unpaired) electrons. The molecule has 1 saturated carbocycles. The molecule has 19 heavy (non-hydrogen) atoms. The highest BCUT2D eigenvalue weighted by molar-refractivity contribution is 6.21. The van der Waals surface area contributed by atoms with Crippen molar-refractivity contribution in [3.05, 3.63) is 29.6 Å². The van der Waals surface area contributed by atoms with Crippen LogP contribution in [0.3, 0.4) is 0 Å². The van der Waals surface area contributed by atoms with Crippen molar-refractivity contribution >= 4 is 11.6 Å². The molecule has 3 rings (SSSR count). The van der Waals surface area contributed by atoms with Crippen molar-refractivity contribution in [2.45, 2.75) is 69.2 Å². The van der Waals surface area contributed by atoms with Gasteiger partial charge in [0.05, 0.1) is 17.1 Å². The maximum atomic E-state index is 6.20. The molecule has 0 spiro atoms. The topological polar surface area (TPSA) is 17.8 Å². The number of rotatable bonds is 3. The van der Waals surface area contributed by atoms with E-state index in [1.165, 1.54) is 56.2 Å². The Hall–Kier alpha value is -0.760. The van der Waals surface area contributed by atoms with Crippen molar-refractivity contribution in [2.75, 3.05) is 0 Å². The van der Waals surface area contributed by atoms with E-state index in [0.29, 0.717) is 6.04 Å². The molecule has 2 aliphatic rings. The van der Waals surface area contributed by atoms with Gasteiger partial charge in [-0.15, -0.1) is 11.6 Å². The van der Waals surface area contributed by atoms with E-state index in [-0.39, 0.29) is 5.38 Å². The fourth-order valence-corrected chi connectivity index (χ4v) is 3.68. The van der Waals surface area contributed by atoms with Gasteiger partial charge in [0.25, 0.3) is 0 Å². The molecule has 1 heterocycles. The van der Waals surface area contributed by atoms with Crippen molar-refractivity contribution in [3.8, 4) is 0 Å². The number of nitrogens with zero attached hydrogens (tertiary/aromatic N) is 2. The Morgan fingerprint density at radius 2 is 2.00 bits per heavy atom. The van der Waals surface area contributed by atoms with Crippen LogP contribution in [0.2, 0.25) is 0 Å². The van der Waals surface area contributed by atoms with E-state index in [4.69, 9.17) is 16.7 Å². The normalized spacial score (nSPS) is 25.3. The van der Waals surface area contributed by atoms with Gasteiger partial charge in [-0.2, -0.15) is 5.10 Å². The van der Waals surface area contributed by atoms with Crippen LogP contribution in [0.5, 0.6) is 0 Å². The summed E-state index contributed by atoms with van der Waals surface area (Å²) in [5.41, 5.74) is 2.68. The highest BCUT2D eigenvalue weighted by atomic mass is 35.5. The average Bonchev–Trinajstić information content (AvgIpc) is 2.88. The lowest BCUT2D eigenvalue weighted by molar-refractivity contribution is 0.328. The number of alkyl halides is 1. The molecule has 104 valence electrons. The molecule has 0 bridgehead atoms. The summed E-state index contributed by atoms with van der Waals surface area (Å²) in [4.78, 5) is 0. The fourth-order valence-electron chi connectivity index (χ4n) is 3.35. The van der Waals surface area contributed by atoms with Crippen molar-refractivity contribution in [1.82, 2.24) is 9.78 Å². The predicted molar refractivity (Wildman–Crippen MR) is 79.6 cm³/mol. The summed E-state index contributed by atoms with van der Waals surface area (Å²) in [5, 5.41) is 5.03. The molecule has 1 unspecified atom stereocenters. The standard InChI is InChI=1S/C16H23ClN2/c17-14-6-4-5-13(11-14)12-15-9-10-19(18-15)16-7-2-1-3-8-16/h9-11,14,16H,1-8,12H2. The second-order valence-corrected chi connectivity index (χ2v) is 6.55. The van der Waals surface area contributed by atoms with Crippen molar-refractivity contribution in [2.24, 2.45) is 0 Å². The van der Waals surface area contributed by atoms with Crippen LogP contribution >= 0.6 is 11.6 Å². The fraction of sp³-hybridized carbons (Fsp3) is 0.688. The summed E-state index contributed by atoms with van der Waals surface area (Å²) in [6.07, 6.45) is 15.7. The molecule has 0 N–H and O–H groups in total. The van der Waals surface area contributed by atoms with Gasteiger partial charge in [-0.05, 0) is 38.2 Å². The smallest absolute Gasteiger partial charge is 0.0665 e. The third-order valence-electron chi connectivity index (χ3n) is 4.41. The Bertz CT molecular complexity index is 443. The van der Waals surface area contributed by atoms with E-state index < -0.39 is 0 Å². The quantitative estimate of drug-likeness (QED) is 0.581. The Morgan fingerprint density at radius 1 is 1.16 bits per heavy atom. The number of halogens is 1. The maximum absolute atomic E-state index is 6.20. The van der Waals surface area contributed by atoms with Crippen LogP contribution in [-0.4, -0.2) is 15.2 Å². The summed E-state index contributed by atoms with van der Waals surface area (Å²) in [5.74, 6) is 0. The van der Waals surface area contributed by atoms with E-state index in [1.807, 2.05) is 0 Å². The van der Waals surface area contributed by atoms with Crippen molar-refractivity contribution in [1.29, 1.82) is 0 Å². The van der Waals surface area contributed by atoms with E-state index in [1.54, 1.807) is 0 Å². The zero-order chi connectivity index (χ0) is 13.1.